The lowest BCUT2D eigenvalue weighted by Crippen LogP contribution is -2.37. The van der Waals surface area contributed by atoms with Crippen LogP contribution in [0.1, 0.15) is 25.2 Å². The molecule has 0 aliphatic carbocycles. The van der Waals surface area contributed by atoms with Gasteiger partial charge in [-0.1, -0.05) is 13.8 Å². The lowest BCUT2D eigenvalue weighted by atomic mass is 10.2. The van der Waals surface area contributed by atoms with Crippen LogP contribution >= 0.6 is 11.3 Å². The molecule has 114 valence electrons. The van der Waals surface area contributed by atoms with E-state index in [4.69, 9.17) is 0 Å². The first-order valence-electron chi connectivity index (χ1n) is 7.14. The molecule has 0 amide bonds. The molecule has 2 heterocycles. The first kappa shape index (κ1) is 15.6. The summed E-state index contributed by atoms with van der Waals surface area (Å²) in [6.45, 7) is 6.85. The number of aliphatic imine (C=N–C) groups is 1. The van der Waals surface area contributed by atoms with Crippen LogP contribution in [0.25, 0.3) is 0 Å². The van der Waals surface area contributed by atoms with Crippen LogP contribution < -0.4 is 10.6 Å². The monoisotopic (exact) mass is 305 g/mol. The van der Waals surface area contributed by atoms with Crippen molar-refractivity contribution in [1.82, 2.24) is 20.2 Å². The normalized spacial score (nSPS) is 11.9. The zero-order chi connectivity index (χ0) is 15.1. The maximum Gasteiger partial charge on any atom is 0.191 e. The Bertz CT molecular complexity index is 556. The molecule has 0 radical (unpaired) electrons. The SMILES string of the molecule is CN=C(NCc1ccsc1)NCc1nccn1CC(C)C. The molecule has 0 saturated carbocycles. The van der Waals surface area contributed by atoms with Crippen molar-refractivity contribution in [3.8, 4) is 0 Å². The fraction of sp³-hybridized carbons (Fsp3) is 0.467. The number of rotatable bonds is 6. The van der Waals surface area contributed by atoms with Gasteiger partial charge >= 0.3 is 0 Å². The number of thiophene rings is 1. The molecule has 2 N–H and O–H groups in total. The van der Waals surface area contributed by atoms with Gasteiger partial charge in [-0.15, -0.1) is 0 Å². The van der Waals surface area contributed by atoms with Crippen molar-refractivity contribution in [2.24, 2.45) is 10.9 Å². The van der Waals surface area contributed by atoms with E-state index in [0.29, 0.717) is 12.5 Å². The number of guanidine groups is 1. The predicted octanol–water partition coefficient (Wildman–Crippen LogP) is 2.47. The number of nitrogens with one attached hydrogen (secondary N) is 2. The highest BCUT2D eigenvalue weighted by molar-refractivity contribution is 7.07. The molecule has 0 bridgehead atoms. The molecular weight excluding hydrogens is 282 g/mol. The van der Waals surface area contributed by atoms with Gasteiger partial charge in [0.1, 0.15) is 5.82 Å². The standard InChI is InChI=1S/C15H23N5S/c1-12(2)10-20-6-5-17-14(20)9-19-15(16-3)18-8-13-4-7-21-11-13/h4-7,11-12H,8-10H2,1-3H3,(H2,16,18,19). The van der Waals surface area contributed by atoms with Crippen LogP contribution in [-0.4, -0.2) is 22.6 Å². The maximum absolute atomic E-state index is 4.40. The molecule has 0 spiro atoms. The van der Waals surface area contributed by atoms with E-state index in [1.165, 1.54) is 5.56 Å². The van der Waals surface area contributed by atoms with Crippen LogP contribution in [0.5, 0.6) is 0 Å². The number of hydrogen-bond acceptors (Lipinski definition) is 3. The van der Waals surface area contributed by atoms with Gasteiger partial charge in [0.2, 0.25) is 0 Å². The van der Waals surface area contributed by atoms with Crippen LogP contribution in [0, 0.1) is 5.92 Å². The Labute approximate surface area is 130 Å². The molecule has 0 atom stereocenters. The molecule has 6 heteroatoms. The van der Waals surface area contributed by atoms with Gasteiger partial charge in [0.25, 0.3) is 0 Å². The summed E-state index contributed by atoms with van der Waals surface area (Å²) in [4.78, 5) is 8.64. The number of hydrogen-bond donors (Lipinski definition) is 2. The topological polar surface area (TPSA) is 54.2 Å². The van der Waals surface area contributed by atoms with Crippen molar-refractivity contribution in [2.75, 3.05) is 7.05 Å². The molecule has 0 aliphatic rings. The van der Waals surface area contributed by atoms with Gasteiger partial charge in [0, 0.05) is 32.5 Å². The summed E-state index contributed by atoms with van der Waals surface area (Å²) < 4.78 is 2.18. The lowest BCUT2D eigenvalue weighted by Gasteiger charge is -2.13. The largest absolute Gasteiger partial charge is 0.352 e. The van der Waals surface area contributed by atoms with Crippen LogP contribution in [0.2, 0.25) is 0 Å². The Morgan fingerprint density at radius 3 is 2.86 bits per heavy atom. The molecule has 0 fully saturated rings. The summed E-state index contributed by atoms with van der Waals surface area (Å²) in [6, 6.07) is 2.11. The highest BCUT2D eigenvalue weighted by atomic mass is 32.1. The predicted molar refractivity (Wildman–Crippen MR) is 88.4 cm³/mol. The summed E-state index contributed by atoms with van der Waals surface area (Å²) >= 11 is 1.70. The van der Waals surface area contributed by atoms with Gasteiger partial charge < -0.3 is 15.2 Å². The third-order valence-electron chi connectivity index (χ3n) is 3.04. The number of imidazole rings is 1. The fourth-order valence-corrected chi connectivity index (χ4v) is 2.70. The van der Waals surface area contributed by atoms with E-state index in [1.54, 1.807) is 18.4 Å². The zero-order valence-electron chi connectivity index (χ0n) is 12.8. The molecule has 0 aliphatic heterocycles. The second-order valence-corrected chi connectivity index (χ2v) is 6.08. The van der Waals surface area contributed by atoms with Crippen molar-refractivity contribution in [3.05, 3.63) is 40.6 Å². The Kier molecular flexibility index (Phi) is 5.80. The first-order valence-corrected chi connectivity index (χ1v) is 8.09. The fourth-order valence-electron chi connectivity index (χ4n) is 2.03. The van der Waals surface area contributed by atoms with Crippen molar-refractivity contribution >= 4 is 17.3 Å². The highest BCUT2D eigenvalue weighted by Gasteiger charge is 2.06. The molecule has 2 rings (SSSR count). The quantitative estimate of drug-likeness (QED) is 0.637. The summed E-state index contributed by atoms with van der Waals surface area (Å²) in [5.41, 5.74) is 1.27. The van der Waals surface area contributed by atoms with E-state index < -0.39 is 0 Å². The highest BCUT2D eigenvalue weighted by Crippen LogP contribution is 2.05. The minimum absolute atomic E-state index is 0.606. The molecular formula is C15H23N5S. The third-order valence-corrected chi connectivity index (χ3v) is 3.77. The van der Waals surface area contributed by atoms with Gasteiger partial charge in [-0.3, -0.25) is 4.99 Å². The van der Waals surface area contributed by atoms with Crippen LogP contribution in [-0.2, 0) is 19.6 Å². The Balaban J connectivity index is 1.84. The van der Waals surface area contributed by atoms with E-state index in [1.807, 2.05) is 12.4 Å². The van der Waals surface area contributed by atoms with Gasteiger partial charge in [0.15, 0.2) is 5.96 Å². The Morgan fingerprint density at radius 2 is 2.19 bits per heavy atom. The Morgan fingerprint density at radius 1 is 1.38 bits per heavy atom. The lowest BCUT2D eigenvalue weighted by molar-refractivity contribution is 0.503. The van der Waals surface area contributed by atoms with Gasteiger partial charge in [0.05, 0.1) is 6.54 Å². The molecule has 0 aromatic carbocycles. The Hall–Kier alpha value is -1.82. The number of nitrogens with zero attached hydrogens (tertiary/aromatic N) is 3. The van der Waals surface area contributed by atoms with E-state index in [-0.39, 0.29) is 0 Å². The molecule has 21 heavy (non-hydrogen) atoms. The van der Waals surface area contributed by atoms with Crippen LogP contribution in [0.15, 0.2) is 34.2 Å². The summed E-state index contributed by atoms with van der Waals surface area (Å²) in [6.07, 6.45) is 3.87. The average Bonchev–Trinajstić information content (AvgIpc) is 3.10. The maximum atomic E-state index is 4.40. The van der Waals surface area contributed by atoms with Crippen molar-refractivity contribution in [1.29, 1.82) is 0 Å². The van der Waals surface area contributed by atoms with Gasteiger partial charge in [-0.25, -0.2) is 4.98 Å². The molecule has 0 unspecified atom stereocenters. The van der Waals surface area contributed by atoms with E-state index in [0.717, 1.165) is 24.9 Å². The van der Waals surface area contributed by atoms with Crippen LogP contribution in [0.3, 0.4) is 0 Å². The second kappa shape index (κ2) is 7.83. The number of aromatic nitrogens is 2. The van der Waals surface area contributed by atoms with Gasteiger partial charge in [-0.2, -0.15) is 11.3 Å². The molecule has 0 saturated heterocycles. The molecule has 2 aromatic rings. The van der Waals surface area contributed by atoms with Gasteiger partial charge in [-0.05, 0) is 28.3 Å². The minimum atomic E-state index is 0.606. The summed E-state index contributed by atoms with van der Waals surface area (Å²) in [5, 5.41) is 10.8. The second-order valence-electron chi connectivity index (χ2n) is 5.30. The first-order chi connectivity index (χ1) is 10.2. The third kappa shape index (κ3) is 4.90. The average molecular weight is 305 g/mol. The van der Waals surface area contributed by atoms with Crippen molar-refractivity contribution in [3.63, 3.8) is 0 Å². The molecule has 5 nitrogen and oxygen atoms in total. The van der Waals surface area contributed by atoms with E-state index >= 15 is 0 Å². The van der Waals surface area contributed by atoms with E-state index in [2.05, 4.69) is 55.9 Å². The molecule has 2 aromatic heterocycles. The van der Waals surface area contributed by atoms with Crippen molar-refractivity contribution in [2.45, 2.75) is 33.5 Å². The van der Waals surface area contributed by atoms with E-state index in [9.17, 15) is 0 Å². The minimum Gasteiger partial charge on any atom is -0.352 e. The summed E-state index contributed by atoms with van der Waals surface area (Å²) in [7, 11) is 1.78. The zero-order valence-corrected chi connectivity index (χ0v) is 13.7. The van der Waals surface area contributed by atoms with Crippen LogP contribution in [0.4, 0.5) is 0 Å². The smallest absolute Gasteiger partial charge is 0.191 e. The van der Waals surface area contributed by atoms with Crippen molar-refractivity contribution < 1.29 is 0 Å². The summed E-state index contributed by atoms with van der Waals surface area (Å²) in [5.74, 6) is 2.43.